The number of halogens is 1. The van der Waals surface area contributed by atoms with Gasteiger partial charge in [0.2, 0.25) is 11.8 Å². The zero-order valence-corrected chi connectivity index (χ0v) is 15.5. The Morgan fingerprint density at radius 3 is 2.36 bits per heavy atom. The first-order valence-corrected chi connectivity index (χ1v) is 8.50. The number of likely N-dealkylation sites (N-methyl/N-ethyl adjacent to an activating group) is 1. The third-order valence-corrected chi connectivity index (χ3v) is 3.95. The number of ether oxygens (including phenoxy) is 1. The number of hydrogen-bond acceptors (Lipinski definition) is 4. The molecule has 0 spiro atoms. The first-order chi connectivity index (χ1) is 11.9. The van der Waals surface area contributed by atoms with E-state index in [1.807, 2.05) is 36.2 Å². The van der Waals surface area contributed by atoms with Gasteiger partial charge in [0.1, 0.15) is 12.4 Å². The summed E-state index contributed by atoms with van der Waals surface area (Å²) in [6.07, 6.45) is 0. The van der Waals surface area contributed by atoms with Crippen LogP contribution < -0.4 is 15.8 Å². The molecule has 25 heavy (non-hydrogen) atoms. The molecule has 0 saturated heterocycles. The predicted molar refractivity (Wildman–Crippen MR) is 101 cm³/mol. The number of amides is 2. The smallest absolute Gasteiger partial charge is 0.248 e. The van der Waals surface area contributed by atoms with Crippen LogP contribution in [0.2, 0.25) is 0 Å². The van der Waals surface area contributed by atoms with Gasteiger partial charge in [0.25, 0.3) is 0 Å². The summed E-state index contributed by atoms with van der Waals surface area (Å²) in [6.45, 7) is 1.34. The van der Waals surface area contributed by atoms with Crippen LogP contribution in [0.1, 0.15) is 10.4 Å². The Labute approximate surface area is 155 Å². The minimum Gasteiger partial charge on any atom is -0.492 e. The summed E-state index contributed by atoms with van der Waals surface area (Å²) in [4.78, 5) is 24.9. The molecule has 0 aliphatic rings. The molecule has 0 aliphatic heterocycles. The van der Waals surface area contributed by atoms with Gasteiger partial charge < -0.3 is 15.8 Å². The number of nitrogens with zero attached hydrogens (tertiary/aromatic N) is 1. The average Bonchev–Trinajstić information content (AvgIpc) is 2.57. The van der Waals surface area contributed by atoms with Crippen molar-refractivity contribution in [3.8, 4) is 5.75 Å². The zero-order valence-electron chi connectivity index (χ0n) is 13.9. The average molecular weight is 406 g/mol. The molecule has 0 atom stereocenters. The fraction of sp³-hybridized carbons (Fsp3) is 0.222. The van der Waals surface area contributed by atoms with Crippen molar-refractivity contribution in [1.82, 2.24) is 4.90 Å². The van der Waals surface area contributed by atoms with Gasteiger partial charge in [0.15, 0.2) is 0 Å². The monoisotopic (exact) mass is 405 g/mol. The van der Waals surface area contributed by atoms with Crippen LogP contribution in [0.4, 0.5) is 5.69 Å². The van der Waals surface area contributed by atoms with E-state index in [0.717, 1.165) is 10.2 Å². The molecule has 0 saturated carbocycles. The lowest BCUT2D eigenvalue weighted by atomic mass is 10.2. The molecule has 0 aliphatic carbocycles. The summed E-state index contributed by atoms with van der Waals surface area (Å²) in [5, 5.41) is 2.77. The molecule has 0 aromatic heterocycles. The highest BCUT2D eigenvalue weighted by Crippen LogP contribution is 2.16. The molecule has 0 fully saturated rings. The molecule has 2 amide bonds. The van der Waals surface area contributed by atoms with Crippen molar-refractivity contribution in [2.45, 2.75) is 0 Å². The maximum Gasteiger partial charge on any atom is 0.248 e. The van der Waals surface area contributed by atoms with Crippen LogP contribution in [0.25, 0.3) is 0 Å². The van der Waals surface area contributed by atoms with Crippen LogP contribution in [0.3, 0.4) is 0 Å². The number of primary amides is 1. The summed E-state index contributed by atoms with van der Waals surface area (Å²) in [6, 6.07) is 14.0. The molecule has 132 valence electrons. The highest BCUT2D eigenvalue weighted by molar-refractivity contribution is 9.10. The lowest BCUT2D eigenvalue weighted by Gasteiger charge is -2.16. The number of anilines is 1. The van der Waals surface area contributed by atoms with E-state index in [0.29, 0.717) is 24.4 Å². The van der Waals surface area contributed by atoms with E-state index in [2.05, 4.69) is 21.2 Å². The van der Waals surface area contributed by atoms with E-state index in [1.54, 1.807) is 24.3 Å². The Kier molecular flexibility index (Phi) is 6.97. The number of rotatable bonds is 8. The lowest BCUT2D eigenvalue weighted by molar-refractivity contribution is -0.117. The second-order valence-electron chi connectivity index (χ2n) is 5.53. The fourth-order valence-corrected chi connectivity index (χ4v) is 2.36. The second kappa shape index (κ2) is 9.19. The zero-order chi connectivity index (χ0) is 18.2. The van der Waals surface area contributed by atoms with E-state index >= 15 is 0 Å². The number of carbonyl (C=O) groups is 2. The minimum atomic E-state index is -0.497. The highest BCUT2D eigenvalue weighted by Gasteiger charge is 2.08. The summed E-state index contributed by atoms with van der Waals surface area (Å²) in [5.41, 5.74) is 6.20. The number of carbonyl (C=O) groups excluding carboxylic acids is 2. The van der Waals surface area contributed by atoms with Gasteiger partial charge in [-0.2, -0.15) is 0 Å². The van der Waals surface area contributed by atoms with Gasteiger partial charge in [-0.05, 0) is 55.6 Å². The Hall–Kier alpha value is -2.38. The Morgan fingerprint density at radius 1 is 1.12 bits per heavy atom. The molecule has 0 heterocycles. The number of hydrogen-bond donors (Lipinski definition) is 2. The van der Waals surface area contributed by atoms with Crippen LogP contribution in [-0.4, -0.2) is 43.5 Å². The van der Waals surface area contributed by atoms with Crippen molar-refractivity contribution < 1.29 is 14.3 Å². The van der Waals surface area contributed by atoms with E-state index in [9.17, 15) is 9.59 Å². The van der Waals surface area contributed by atoms with Crippen LogP contribution in [0.5, 0.6) is 5.75 Å². The van der Waals surface area contributed by atoms with Gasteiger partial charge in [-0.25, -0.2) is 0 Å². The minimum absolute atomic E-state index is 0.141. The highest BCUT2D eigenvalue weighted by atomic mass is 79.9. The van der Waals surface area contributed by atoms with Crippen LogP contribution >= 0.6 is 15.9 Å². The summed E-state index contributed by atoms with van der Waals surface area (Å²) < 4.78 is 6.63. The molecule has 3 N–H and O–H groups in total. The molecule has 2 aromatic rings. The van der Waals surface area contributed by atoms with Gasteiger partial charge >= 0.3 is 0 Å². The molecular formula is C18H20BrN3O3. The van der Waals surface area contributed by atoms with Crippen molar-refractivity contribution in [2.75, 3.05) is 32.1 Å². The predicted octanol–water partition coefficient (Wildman–Crippen LogP) is 2.50. The largest absolute Gasteiger partial charge is 0.492 e. The third kappa shape index (κ3) is 6.56. The summed E-state index contributed by atoms with van der Waals surface area (Å²) in [5.74, 6) is 0.150. The molecule has 7 heteroatoms. The van der Waals surface area contributed by atoms with Gasteiger partial charge in [-0.1, -0.05) is 15.9 Å². The third-order valence-electron chi connectivity index (χ3n) is 3.42. The number of nitrogens with one attached hydrogen (secondary N) is 1. The topological polar surface area (TPSA) is 84.7 Å². The van der Waals surface area contributed by atoms with Crippen molar-refractivity contribution >= 4 is 33.4 Å². The Balaban J connectivity index is 1.72. The van der Waals surface area contributed by atoms with Gasteiger partial charge in [-0.3, -0.25) is 14.5 Å². The van der Waals surface area contributed by atoms with Crippen molar-refractivity contribution in [2.24, 2.45) is 5.73 Å². The van der Waals surface area contributed by atoms with Crippen molar-refractivity contribution in [3.05, 3.63) is 58.6 Å². The summed E-state index contributed by atoms with van der Waals surface area (Å²) >= 11 is 3.37. The molecule has 0 unspecified atom stereocenters. The fourth-order valence-electron chi connectivity index (χ4n) is 2.09. The molecule has 0 bridgehead atoms. The molecule has 2 rings (SSSR count). The SMILES string of the molecule is CN(CCOc1ccc(Br)cc1)CC(=O)Nc1ccc(C(N)=O)cc1. The molecular weight excluding hydrogens is 386 g/mol. The maximum absolute atomic E-state index is 12.0. The van der Waals surface area contributed by atoms with Crippen molar-refractivity contribution in [3.63, 3.8) is 0 Å². The Morgan fingerprint density at radius 2 is 1.76 bits per heavy atom. The van der Waals surface area contributed by atoms with E-state index < -0.39 is 5.91 Å². The van der Waals surface area contributed by atoms with E-state index in [-0.39, 0.29) is 12.5 Å². The second-order valence-corrected chi connectivity index (χ2v) is 6.45. The molecule has 2 aromatic carbocycles. The van der Waals surface area contributed by atoms with E-state index in [4.69, 9.17) is 10.5 Å². The van der Waals surface area contributed by atoms with Crippen LogP contribution in [-0.2, 0) is 4.79 Å². The van der Waals surface area contributed by atoms with Crippen LogP contribution in [0, 0.1) is 0 Å². The number of nitrogens with two attached hydrogens (primary N) is 1. The normalized spacial score (nSPS) is 10.5. The molecule has 0 radical (unpaired) electrons. The molecule has 6 nitrogen and oxygen atoms in total. The standard InChI is InChI=1S/C18H20BrN3O3/c1-22(10-11-25-16-8-4-14(19)5-9-16)12-17(23)21-15-6-2-13(3-7-15)18(20)24/h2-9H,10-12H2,1H3,(H2,20,24)(H,21,23). The van der Waals surface area contributed by atoms with Crippen LogP contribution in [0.15, 0.2) is 53.0 Å². The van der Waals surface area contributed by atoms with Gasteiger partial charge in [0.05, 0.1) is 6.54 Å². The van der Waals surface area contributed by atoms with Crippen molar-refractivity contribution in [1.29, 1.82) is 0 Å². The van der Waals surface area contributed by atoms with E-state index in [1.165, 1.54) is 0 Å². The van der Waals surface area contributed by atoms with Gasteiger partial charge in [-0.15, -0.1) is 0 Å². The maximum atomic E-state index is 12.0. The first kappa shape index (κ1) is 19.0. The first-order valence-electron chi connectivity index (χ1n) is 7.70. The quantitative estimate of drug-likeness (QED) is 0.706. The number of benzene rings is 2. The van der Waals surface area contributed by atoms with Gasteiger partial charge in [0, 0.05) is 22.3 Å². The Bertz CT molecular complexity index is 717. The summed E-state index contributed by atoms with van der Waals surface area (Å²) in [7, 11) is 1.85. The lowest BCUT2D eigenvalue weighted by Crippen LogP contribution is -2.33.